The number of thiazole rings is 1. The average molecular weight is 438 g/mol. The van der Waals surface area contributed by atoms with Crippen LogP contribution in [-0.2, 0) is 0 Å². The van der Waals surface area contributed by atoms with Crippen molar-refractivity contribution in [2.24, 2.45) is 0 Å². The second-order valence-corrected chi connectivity index (χ2v) is 8.19. The molecule has 30 heavy (non-hydrogen) atoms. The van der Waals surface area contributed by atoms with Gasteiger partial charge in [0.2, 0.25) is 5.88 Å². The van der Waals surface area contributed by atoms with Crippen LogP contribution in [0.5, 0.6) is 11.6 Å². The molecule has 0 aliphatic rings. The summed E-state index contributed by atoms with van der Waals surface area (Å²) in [6.45, 7) is 1.86. The van der Waals surface area contributed by atoms with E-state index in [2.05, 4.69) is 15.3 Å². The number of pyridine rings is 1. The molecule has 0 aliphatic carbocycles. The molecule has 0 unspecified atom stereocenters. The molecule has 2 aromatic carbocycles. The summed E-state index contributed by atoms with van der Waals surface area (Å²) in [6, 6.07) is 18.7. The lowest BCUT2D eigenvalue weighted by Crippen LogP contribution is -2.15. The number of hydrogen-bond acceptors (Lipinski definition) is 6. The van der Waals surface area contributed by atoms with Gasteiger partial charge in [0.15, 0.2) is 5.13 Å². The zero-order chi connectivity index (χ0) is 20.9. The minimum absolute atomic E-state index is 0.200. The fraction of sp³-hybridized carbons (Fsp3) is 0.0455. The van der Waals surface area contributed by atoms with Gasteiger partial charge in [0.05, 0.1) is 5.69 Å². The number of aryl methyl sites for hydroxylation is 1. The van der Waals surface area contributed by atoms with Gasteiger partial charge in [-0.2, -0.15) is 0 Å². The molecule has 0 fully saturated rings. The minimum Gasteiger partial charge on any atom is -0.439 e. The van der Waals surface area contributed by atoms with Gasteiger partial charge in [-0.05, 0) is 49.4 Å². The van der Waals surface area contributed by atoms with Gasteiger partial charge in [-0.3, -0.25) is 10.1 Å². The summed E-state index contributed by atoms with van der Waals surface area (Å²) in [6.07, 6.45) is 0. The number of halogens is 1. The number of ether oxygens (including phenoxy) is 1. The van der Waals surface area contributed by atoms with E-state index in [0.29, 0.717) is 21.7 Å². The van der Waals surface area contributed by atoms with Crippen LogP contribution < -0.4 is 10.1 Å². The molecular weight excluding hydrogens is 421 g/mol. The molecule has 0 radical (unpaired) electrons. The number of nitrogens with one attached hydrogen (secondary N) is 1. The number of carbonyl (C=O) groups is 1. The smallest absolute Gasteiger partial charge is 0.277 e. The highest BCUT2D eigenvalue weighted by Gasteiger charge is 2.18. The van der Waals surface area contributed by atoms with E-state index in [0.717, 1.165) is 10.6 Å². The third-order valence-corrected chi connectivity index (χ3v) is 5.83. The first-order chi connectivity index (χ1) is 14.6. The predicted molar refractivity (Wildman–Crippen MR) is 116 cm³/mol. The van der Waals surface area contributed by atoms with Crippen molar-refractivity contribution in [1.29, 1.82) is 0 Å². The number of nitrogens with zero attached hydrogens (tertiary/aromatic N) is 2. The highest BCUT2D eigenvalue weighted by molar-refractivity contribution is 7.99. The Morgan fingerprint density at radius 3 is 2.50 bits per heavy atom. The number of anilines is 1. The van der Waals surface area contributed by atoms with Crippen LogP contribution in [0.3, 0.4) is 0 Å². The second-order valence-electron chi connectivity index (χ2n) is 6.22. The van der Waals surface area contributed by atoms with E-state index >= 15 is 0 Å². The van der Waals surface area contributed by atoms with E-state index in [9.17, 15) is 9.18 Å². The fourth-order valence-electron chi connectivity index (χ4n) is 2.54. The van der Waals surface area contributed by atoms with Gasteiger partial charge < -0.3 is 4.74 Å². The van der Waals surface area contributed by atoms with E-state index in [1.54, 1.807) is 36.4 Å². The van der Waals surface area contributed by atoms with Crippen LogP contribution in [0.15, 0.2) is 81.9 Å². The summed E-state index contributed by atoms with van der Waals surface area (Å²) >= 11 is 2.66. The summed E-state index contributed by atoms with van der Waals surface area (Å²) in [5, 5.41) is 5.13. The first-order valence-electron chi connectivity index (χ1n) is 8.98. The SMILES string of the molecule is Cc1csc(NC(=O)c2nc(Oc3ccccc3)ccc2Sc2ccc(F)cc2)n1. The van der Waals surface area contributed by atoms with Crippen molar-refractivity contribution >= 4 is 34.1 Å². The Hall–Kier alpha value is -3.23. The Kier molecular flexibility index (Phi) is 6.06. The van der Waals surface area contributed by atoms with Gasteiger partial charge in [-0.25, -0.2) is 14.4 Å². The number of benzene rings is 2. The Balaban J connectivity index is 1.65. The minimum atomic E-state index is -0.396. The van der Waals surface area contributed by atoms with Crippen LogP contribution in [-0.4, -0.2) is 15.9 Å². The van der Waals surface area contributed by atoms with Crippen LogP contribution in [0.2, 0.25) is 0 Å². The van der Waals surface area contributed by atoms with Crippen LogP contribution >= 0.6 is 23.1 Å². The molecule has 0 atom stereocenters. The van der Waals surface area contributed by atoms with Gasteiger partial charge in [-0.1, -0.05) is 30.0 Å². The number of para-hydroxylation sites is 1. The average Bonchev–Trinajstić information content (AvgIpc) is 3.16. The molecule has 4 aromatic rings. The van der Waals surface area contributed by atoms with Crippen molar-refractivity contribution in [3.05, 3.63) is 89.3 Å². The topological polar surface area (TPSA) is 64.1 Å². The number of hydrogen-bond donors (Lipinski definition) is 1. The molecule has 2 heterocycles. The summed E-state index contributed by atoms with van der Waals surface area (Å²) < 4.78 is 19.0. The maximum atomic E-state index is 13.2. The highest BCUT2D eigenvalue weighted by Crippen LogP contribution is 2.32. The van der Waals surface area contributed by atoms with E-state index in [1.165, 1.54) is 35.2 Å². The molecule has 150 valence electrons. The first kappa shape index (κ1) is 20.1. The summed E-state index contributed by atoms with van der Waals surface area (Å²) in [5.41, 5.74) is 1.02. The van der Waals surface area contributed by atoms with Crippen molar-refractivity contribution in [3.8, 4) is 11.6 Å². The van der Waals surface area contributed by atoms with Gasteiger partial charge >= 0.3 is 0 Å². The zero-order valence-corrected chi connectivity index (χ0v) is 17.5. The lowest BCUT2D eigenvalue weighted by molar-refractivity contribution is 0.101. The van der Waals surface area contributed by atoms with Crippen molar-refractivity contribution < 1.29 is 13.9 Å². The van der Waals surface area contributed by atoms with Gasteiger partial charge in [0, 0.05) is 21.2 Å². The van der Waals surface area contributed by atoms with Gasteiger partial charge in [0.1, 0.15) is 17.3 Å². The third-order valence-electron chi connectivity index (χ3n) is 3.89. The predicted octanol–water partition coefficient (Wildman–Crippen LogP) is 6.18. The normalized spacial score (nSPS) is 10.6. The molecule has 0 spiro atoms. The van der Waals surface area contributed by atoms with Crippen molar-refractivity contribution in [2.75, 3.05) is 5.32 Å². The lowest BCUT2D eigenvalue weighted by Gasteiger charge is -2.11. The van der Waals surface area contributed by atoms with Gasteiger partial charge in [-0.15, -0.1) is 11.3 Å². The molecule has 0 aliphatic heterocycles. The molecule has 4 rings (SSSR count). The van der Waals surface area contributed by atoms with E-state index < -0.39 is 5.91 Å². The van der Waals surface area contributed by atoms with Crippen LogP contribution in [0.4, 0.5) is 9.52 Å². The Labute approximate surface area is 181 Å². The standard InChI is InChI=1S/C22H16FN3O2S2/c1-14-13-29-22(24-14)26-21(27)20-18(30-17-9-7-15(23)8-10-17)11-12-19(25-20)28-16-5-3-2-4-6-16/h2-13H,1H3,(H,24,26,27). The number of amides is 1. The largest absolute Gasteiger partial charge is 0.439 e. The number of rotatable bonds is 6. The van der Waals surface area contributed by atoms with E-state index in [1.807, 2.05) is 30.5 Å². The van der Waals surface area contributed by atoms with Crippen molar-refractivity contribution in [3.63, 3.8) is 0 Å². The monoisotopic (exact) mass is 437 g/mol. The summed E-state index contributed by atoms with van der Waals surface area (Å²) in [5.74, 6) is 0.199. The Morgan fingerprint density at radius 1 is 1.03 bits per heavy atom. The summed E-state index contributed by atoms with van der Waals surface area (Å²) in [7, 11) is 0. The molecule has 5 nitrogen and oxygen atoms in total. The van der Waals surface area contributed by atoms with Crippen LogP contribution in [0, 0.1) is 12.7 Å². The Morgan fingerprint density at radius 2 is 1.80 bits per heavy atom. The van der Waals surface area contributed by atoms with Crippen molar-refractivity contribution in [1.82, 2.24) is 9.97 Å². The molecule has 2 aromatic heterocycles. The molecular formula is C22H16FN3O2S2. The maximum Gasteiger partial charge on any atom is 0.277 e. The molecule has 0 saturated carbocycles. The van der Waals surface area contributed by atoms with Crippen LogP contribution in [0.25, 0.3) is 0 Å². The van der Waals surface area contributed by atoms with Crippen LogP contribution in [0.1, 0.15) is 16.2 Å². The number of carbonyl (C=O) groups excluding carboxylic acids is 1. The molecule has 1 N–H and O–H groups in total. The number of aromatic nitrogens is 2. The van der Waals surface area contributed by atoms with Gasteiger partial charge in [0.25, 0.3) is 5.91 Å². The highest BCUT2D eigenvalue weighted by atomic mass is 32.2. The zero-order valence-electron chi connectivity index (χ0n) is 15.8. The third kappa shape index (κ3) is 5.03. The molecule has 8 heteroatoms. The maximum absolute atomic E-state index is 13.2. The van der Waals surface area contributed by atoms with Crippen molar-refractivity contribution in [2.45, 2.75) is 16.7 Å². The van der Waals surface area contributed by atoms with E-state index in [4.69, 9.17) is 4.74 Å². The first-order valence-corrected chi connectivity index (χ1v) is 10.7. The summed E-state index contributed by atoms with van der Waals surface area (Å²) in [4.78, 5) is 23.1. The molecule has 0 bridgehead atoms. The molecule has 1 amide bonds. The fourth-order valence-corrected chi connectivity index (χ4v) is 4.12. The quantitative estimate of drug-likeness (QED) is 0.390. The Bertz CT molecular complexity index is 1160. The lowest BCUT2D eigenvalue weighted by atomic mass is 10.3. The second kappa shape index (κ2) is 9.06. The van der Waals surface area contributed by atoms with E-state index in [-0.39, 0.29) is 11.5 Å². The molecule has 0 saturated heterocycles.